The summed E-state index contributed by atoms with van der Waals surface area (Å²) >= 11 is 0. The van der Waals surface area contributed by atoms with Gasteiger partial charge >= 0.3 is 0 Å². The van der Waals surface area contributed by atoms with Gasteiger partial charge in [0.05, 0.1) is 16.8 Å². The summed E-state index contributed by atoms with van der Waals surface area (Å²) in [5.41, 5.74) is 1.59. The summed E-state index contributed by atoms with van der Waals surface area (Å²) in [4.78, 5) is 32.1. The van der Waals surface area contributed by atoms with Crippen molar-refractivity contribution in [2.75, 3.05) is 10.0 Å². The zero-order valence-corrected chi connectivity index (χ0v) is 18.3. The Morgan fingerprint density at radius 2 is 1.55 bits per heavy atom. The van der Waals surface area contributed by atoms with Crippen molar-refractivity contribution in [1.29, 1.82) is 0 Å². The first-order valence-corrected chi connectivity index (χ1v) is 11.3. The molecular weight excluding hydrogens is 442 g/mol. The number of imidazole rings is 1. The maximum atomic E-state index is 12.6. The Balaban J connectivity index is 1.41. The molecule has 2 aromatic carbocycles. The summed E-state index contributed by atoms with van der Waals surface area (Å²) in [5, 5.41) is 2.75. The smallest absolute Gasteiger partial charge is 0.261 e. The largest absolute Gasteiger partial charge is 0.321 e. The molecule has 0 saturated heterocycles. The van der Waals surface area contributed by atoms with Crippen LogP contribution in [0.15, 0.2) is 90.5 Å². The summed E-state index contributed by atoms with van der Waals surface area (Å²) in [6.45, 7) is 1.41. The van der Waals surface area contributed by atoms with Gasteiger partial charge in [0, 0.05) is 29.2 Å². The van der Waals surface area contributed by atoms with Crippen LogP contribution in [0.1, 0.15) is 27.6 Å². The van der Waals surface area contributed by atoms with Crippen molar-refractivity contribution in [1.82, 2.24) is 14.5 Å². The van der Waals surface area contributed by atoms with Crippen molar-refractivity contribution in [3.05, 3.63) is 96.7 Å². The molecule has 9 nitrogen and oxygen atoms in total. The van der Waals surface area contributed by atoms with E-state index in [2.05, 4.69) is 20.0 Å². The topological polar surface area (TPSA) is 123 Å². The number of nitrogens with zero attached hydrogens (tertiary/aromatic N) is 3. The number of hydrogen-bond donors (Lipinski definition) is 2. The number of carbonyl (C=O) groups excluding carboxylic acids is 2. The average molecular weight is 462 g/mol. The van der Waals surface area contributed by atoms with Crippen molar-refractivity contribution in [3.63, 3.8) is 0 Å². The van der Waals surface area contributed by atoms with E-state index in [0.717, 1.165) is 0 Å². The first-order valence-electron chi connectivity index (χ1n) is 9.81. The minimum absolute atomic E-state index is 0.0287. The maximum Gasteiger partial charge on any atom is 0.261 e. The van der Waals surface area contributed by atoms with Crippen LogP contribution in [0.4, 0.5) is 11.4 Å². The molecule has 0 spiro atoms. The Morgan fingerprint density at radius 3 is 2.12 bits per heavy atom. The Labute approximate surface area is 190 Å². The first kappa shape index (κ1) is 21.9. The predicted octanol–water partition coefficient (Wildman–Crippen LogP) is 3.52. The summed E-state index contributed by atoms with van der Waals surface area (Å²) < 4.78 is 29.3. The third-order valence-electron chi connectivity index (χ3n) is 4.75. The average Bonchev–Trinajstić information content (AvgIpc) is 3.35. The number of pyridine rings is 1. The number of nitrogens with one attached hydrogen (secondary N) is 2. The van der Waals surface area contributed by atoms with Crippen molar-refractivity contribution in [2.45, 2.75) is 11.8 Å². The Kier molecular flexibility index (Phi) is 6.01. The molecule has 0 aliphatic rings. The van der Waals surface area contributed by atoms with E-state index in [9.17, 15) is 18.0 Å². The van der Waals surface area contributed by atoms with Crippen molar-refractivity contribution in [3.8, 4) is 5.82 Å². The van der Waals surface area contributed by atoms with Crippen LogP contribution >= 0.6 is 0 Å². The lowest BCUT2D eigenvalue weighted by Crippen LogP contribution is -2.14. The van der Waals surface area contributed by atoms with Gasteiger partial charge < -0.3 is 5.32 Å². The van der Waals surface area contributed by atoms with Gasteiger partial charge in [0.25, 0.3) is 15.9 Å². The minimum Gasteiger partial charge on any atom is -0.321 e. The minimum atomic E-state index is -3.84. The molecular formula is C23H19N5O4S. The van der Waals surface area contributed by atoms with E-state index >= 15 is 0 Å². The monoisotopic (exact) mass is 461 g/mol. The maximum absolute atomic E-state index is 12.6. The van der Waals surface area contributed by atoms with Crippen LogP contribution in [0, 0.1) is 0 Å². The molecule has 166 valence electrons. The highest BCUT2D eigenvalue weighted by Gasteiger charge is 2.15. The molecule has 0 fully saturated rings. The number of ketones is 1. The van der Waals surface area contributed by atoms with Gasteiger partial charge in [-0.25, -0.2) is 18.4 Å². The van der Waals surface area contributed by atoms with E-state index in [1.165, 1.54) is 61.7 Å². The second kappa shape index (κ2) is 9.05. The molecule has 1 amide bonds. The quantitative estimate of drug-likeness (QED) is 0.406. The number of rotatable bonds is 7. The zero-order valence-electron chi connectivity index (χ0n) is 17.5. The molecule has 0 saturated carbocycles. The highest BCUT2D eigenvalue weighted by atomic mass is 32.2. The molecule has 0 aliphatic carbocycles. The summed E-state index contributed by atoms with van der Waals surface area (Å²) in [7, 11) is -3.84. The van der Waals surface area contributed by atoms with Crippen LogP contribution in [-0.2, 0) is 10.0 Å². The van der Waals surface area contributed by atoms with Gasteiger partial charge in [0.1, 0.15) is 12.1 Å². The molecule has 4 rings (SSSR count). The second-order valence-corrected chi connectivity index (χ2v) is 8.77. The third-order valence-corrected chi connectivity index (χ3v) is 6.14. The molecule has 0 unspecified atom stereocenters. The van der Waals surface area contributed by atoms with Crippen LogP contribution in [0.3, 0.4) is 0 Å². The van der Waals surface area contributed by atoms with E-state index in [-0.39, 0.29) is 16.6 Å². The number of Topliss-reactive ketones (excluding diaryl/α,β-unsaturated/α-hetero) is 1. The zero-order chi connectivity index (χ0) is 23.4. The number of anilines is 2. The molecule has 33 heavy (non-hydrogen) atoms. The van der Waals surface area contributed by atoms with Gasteiger partial charge in [0.2, 0.25) is 0 Å². The van der Waals surface area contributed by atoms with Crippen LogP contribution in [0.2, 0.25) is 0 Å². The fourth-order valence-corrected chi connectivity index (χ4v) is 4.04. The molecule has 0 radical (unpaired) electrons. The molecule has 2 heterocycles. The molecule has 2 aromatic heterocycles. The Morgan fingerprint density at radius 1 is 0.879 bits per heavy atom. The number of aromatic nitrogens is 3. The van der Waals surface area contributed by atoms with E-state index in [1.54, 1.807) is 35.4 Å². The van der Waals surface area contributed by atoms with Crippen molar-refractivity contribution < 1.29 is 18.0 Å². The van der Waals surface area contributed by atoms with Crippen LogP contribution in [0.5, 0.6) is 0 Å². The van der Waals surface area contributed by atoms with Crippen LogP contribution in [-0.4, -0.2) is 34.6 Å². The van der Waals surface area contributed by atoms with Gasteiger partial charge in [0.15, 0.2) is 5.78 Å². The summed E-state index contributed by atoms with van der Waals surface area (Å²) in [5.74, 6) is 0.158. The van der Waals surface area contributed by atoms with Gasteiger partial charge in [-0.05, 0) is 55.5 Å². The normalized spacial score (nSPS) is 11.1. The fraction of sp³-hybridized carbons (Fsp3) is 0.0435. The van der Waals surface area contributed by atoms with E-state index in [0.29, 0.717) is 28.3 Å². The molecule has 0 bridgehead atoms. The highest BCUT2D eigenvalue weighted by molar-refractivity contribution is 7.92. The number of benzene rings is 2. The fourth-order valence-electron chi connectivity index (χ4n) is 2.98. The van der Waals surface area contributed by atoms with E-state index in [4.69, 9.17) is 0 Å². The van der Waals surface area contributed by atoms with Gasteiger partial charge in [-0.2, -0.15) is 0 Å². The van der Waals surface area contributed by atoms with Crippen molar-refractivity contribution in [2.24, 2.45) is 0 Å². The lowest BCUT2D eigenvalue weighted by atomic mass is 10.2. The number of sulfonamides is 1. The molecule has 2 N–H and O–H groups in total. The number of hydrogen-bond acceptors (Lipinski definition) is 6. The lowest BCUT2D eigenvalue weighted by Gasteiger charge is -2.10. The van der Waals surface area contributed by atoms with Crippen LogP contribution in [0.25, 0.3) is 5.82 Å². The predicted molar refractivity (Wildman–Crippen MR) is 123 cm³/mol. The third kappa shape index (κ3) is 5.13. The van der Waals surface area contributed by atoms with Gasteiger partial charge in [-0.1, -0.05) is 12.1 Å². The van der Waals surface area contributed by atoms with E-state index in [1.807, 2.05) is 0 Å². The summed E-state index contributed by atoms with van der Waals surface area (Å²) in [6, 6.07) is 15.1. The van der Waals surface area contributed by atoms with Crippen LogP contribution < -0.4 is 10.0 Å². The lowest BCUT2D eigenvalue weighted by molar-refractivity contribution is 0.101. The standard InChI is InChI=1S/C23H19N5O4S/c1-16(29)17-4-9-21(10-5-17)33(31,32)27-19-6-2-18(3-7-19)23(30)26-20-8-11-22(25-14-20)28-13-12-24-15-28/h2-15,27H,1H3,(H,26,30). The number of carbonyl (C=O) groups is 2. The van der Waals surface area contributed by atoms with E-state index < -0.39 is 10.0 Å². The molecule has 4 aromatic rings. The first-order chi connectivity index (χ1) is 15.8. The van der Waals surface area contributed by atoms with Gasteiger partial charge in [-0.3, -0.25) is 18.9 Å². The number of amides is 1. The summed E-state index contributed by atoms with van der Waals surface area (Å²) in [6.07, 6.45) is 6.56. The molecule has 10 heteroatoms. The Bertz CT molecular complexity index is 1380. The SMILES string of the molecule is CC(=O)c1ccc(S(=O)(=O)Nc2ccc(C(=O)Nc3ccc(-n4ccnc4)nc3)cc2)cc1. The Hall–Kier alpha value is -4.31. The molecule has 0 atom stereocenters. The van der Waals surface area contributed by atoms with Gasteiger partial charge in [-0.15, -0.1) is 0 Å². The highest BCUT2D eigenvalue weighted by Crippen LogP contribution is 2.18. The van der Waals surface area contributed by atoms with Crippen molar-refractivity contribution >= 4 is 33.1 Å². The second-order valence-electron chi connectivity index (χ2n) is 7.09. The molecule has 0 aliphatic heterocycles.